The van der Waals surface area contributed by atoms with E-state index in [1.54, 1.807) is 14.2 Å². The molecule has 2 aromatic rings. The van der Waals surface area contributed by atoms with Crippen LogP contribution in [0.1, 0.15) is 47.5 Å². The molecule has 6 nitrogen and oxygen atoms in total. The second kappa shape index (κ2) is 9.35. The number of hydrogen-bond acceptors (Lipinski definition) is 6. The zero-order valence-electron chi connectivity index (χ0n) is 18.1. The van der Waals surface area contributed by atoms with Crippen LogP contribution in [0.4, 0.5) is 0 Å². The molecule has 1 N–H and O–H groups in total. The van der Waals surface area contributed by atoms with E-state index in [1.807, 2.05) is 25.1 Å². The van der Waals surface area contributed by atoms with Crippen molar-refractivity contribution in [3.05, 3.63) is 28.8 Å². The molecule has 2 atom stereocenters. The number of rotatable bonds is 6. The third kappa shape index (κ3) is 4.32. The van der Waals surface area contributed by atoms with Gasteiger partial charge in [-0.05, 0) is 69.8 Å². The standard InChI is InChI=1S/C23H31N3O3S/c1-15-21(30-23(25-15)16-9-10-19(28-2)20(13-16)29-3)22(27)24-14-17-7-6-12-26-11-5-4-8-18(17)26/h9-10,13,17-18H,4-8,11-12,14H2,1-3H3,(H,24,27)/t17-,18-/m1/s1. The van der Waals surface area contributed by atoms with Gasteiger partial charge in [-0.2, -0.15) is 0 Å². The fourth-order valence-corrected chi connectivity index (χ4v) is 5.80. The van der Waals surface area contributed by atoms with Gasteiger partial charge in [0, 0.05) is 18.2 Å². The van der Waals surface area contributed by atoms with Gasteiger partial charge in [-0.1, -0.05) is 6.42 Å². The summed E-state index contributed by atoms with van der Waals surface area (Å²) in [5.74, 6) is 1.88. The highest BCUT2D eigenvalue weighted by Gasteiger charge is 2.33. The minimum Gasteiger partial charge on any atom is -0.493 e. The van der Waals surface area contributed by atoms with Crippen molar-refractivity contribution in [3.63, 3.8) is 0 Å². The maximum Gasteiger partial charge on any atom is 0.263 e. The minimum absolute atomic E-state index is 0.00957. The molecule has 2 aliphatic rings. The Kier molecular flexibility index (Phi) is 6.58. The first-order valence-corrected chi connectivity index (χ1v) is 11.6. The number of piperidine rings is 2. The number of nitrogens with one attached hydrogen (secondary N) is 1. The predicted molar refractivity (Wildman–Crippen MR) is 120 cm³/mol. The van der Waals surface area contributed by atoms with Crippen molar-refractivity contribution in [1.82, 2.24) is 15.2 Å². The fraction of sp³-hybridized carbons (Fsp3) is 0.565. The molecule has 1 aromatic carbocycles. The molecule has 0 spiro atoms. The van der Waals surface area contributed by atoms with Gasteiger partial charge in [-0.25, -0.2) is 4.98 Å². The molecule has 1 amide bonds. The number of benzene rings is 1. The first-order chi connectivity index (χ1) is 14.6. The summed E-state index contributed by atoms with van der Waals surface area (Å²) in [7, 11) is 3.23. The van der Waals surface area contributed by atoms with Crippen LogP contribution in [-0.2, 0) is 0 Å². The van der Waals surface area contributed by atoms with Gasteiger partial charge in [0.05, 0.1) is 19.9 Å². The Balaban J connectivity index is 1.44. The van der Waals surface area contributed by atoms with Crippen LogP contribution in [-0.4, -0.2) is 55.7 Å². The fourth-order valence-electron chi connectivity index (χ4n) is 4.82. The molecule has 7 heteroatoms. The molecule has 0 aliphatic carbocycles. The molecule has 0 bridgehead atoms. The van der Waals surface area contributed by atoms with Crippen molar-refractivity contribution in [2.24, 2.45) is 5.92 Å². The number of amides is 1. The van der Waals surface area contributed by atoms with Crippen molar-refractivity contribution < 1.29 is 14.3 Å². The number of hydrogen-bond donors (Lipinski definition) is 1. The lowest BCUT2D eigenvalue weighted by atomic mass is 9.83. The molecule has 3 heterocycles. The van der Waals surface area contributed by atoms with Crippen LogP contribution in [0.3, 0.4) is 0 Å². The summed E-state index contributed by atoms with van der Waals surface area (Å²) in [6.07, 6.45) is 6.34. The molecular weight excluding hydrogens is 398 g/mol. The summed E-state index contributed by atoms with van der Waals surface area (Å²) < 4.78 is 10.7. The van der Waals surface area contributed by atoms with E-state index in [1.165, 1.54) is 56.5 Å². The molecule has 0 unspecified atom stereocenters. The highest BCUT2D eigenvalue weighted by Crippen LogP contribution is 2.35. The second-order valence-corrected chi connectivity index (χ2v) is 9.21. The third-order valence-electron chi connectivity index (χ3n) is 6.39. The number of ether oxygens (including phenoxy) is 2. The molecule has 4 rings (SSSR count). The van der Waals surface area contributed by atoms with E-state index >= 15 is 0 Å². The van der Waals surface area contributed by atoms with Gasteiger partial charge >= 0.3 is 0 Å². The van der Waals surface area contributed by atoms with Crippen LogP contribution < -0.4 is 14.8 Å². The number of carbonyl (C=O) groups is 1. The maximum absolute atomic E-state index is 12.9. The highest BCUT2D eigenvalue weighted by atomic mass is 32.1. The van der Waals surface area contributed by atoms with Crippen LogP contribution in [0.25, 0.3) is 10.6 Å². The van der Waals surface area contributed by atoms with Crippen LogP contribution in [0, 0.1) is 12.8 Å². The zero-order valence-corrected chi connectivity index (χ0v) is 18.9. The summed E-state index contributed by atoms with van der Waals surface area (Å²) in [5.41, 5.74) is 1.69. The van der Waals surface area contributed by atoms with Gasteiger partial charge in [0.15, 0.2) is 11.5 Å². The summed E-state index contributed by atoms with van der Waals surface area (Å²) in [4.78, 5) is 20.9. The van der Waals surface area contributed by atoms with Crippen LogP contribution in [0.5, 0.6) is 11.5 Å². The van der Waals surface area contributed by atoms with E-state index in [2.05, 4.69) is 15.2 Å². The van der Waals surface area contributed by atoms with Gasteiger partial charge in [0.1, 0.15) is 9.88 Å². The Labute approximate surface area is 182 Å². The normalized spacial score (nSPS) is 21.7. The first kappa shape index (κ1) is 21.1. The summed E-state index contributed by atoms with van der Waals surface area (Å²) in [6.45, 7) is 5.09. The van der Waals surface area contributed by atoms with Gasteiger partial charge in [-0.3, -0.25) is 4.79 Å². The van der Waals surface area contributed by atoms with Crippen molar-refractivity contribution in [1.29, 1.82) is 0 Å². The monoisotopic (exact) mass is 429 g/mol. The molecule has 0 radical (unpaired) electrons. The average molecular weight is 430 g/mol. The zero-order chi connectivity index (χ0) is 21.1. The van der Waals surface area contributed by atoms with Crippen LogP contribution in [0.15, 0.2) is 18.2 Å². The largest absolute Gasteiger partial charge is 0.493 e. The number of aromatic nitrogens is 1. The van der Waals surface area contributed by atoms with Crippen LogP contribution in [0.2, 0.25) is 0 Å². The van der Waals surface area contributed by atoms with E-state index in [9.17, 15) is 4.79 Å². The topological polar surface area (TPSA) is 63.7 Å². The number of carbonyl (C=O) groups excluding carboxylic acids is 1. The Morgan fingerprint density at radius 1 is 1.17 bits per heavy atom. The molecule has 2 aliphatic heterocycles. The minimum atomic E-state index is -0.00957. The van der Waals surface area contributed by atoms with Gasteiger partial charge in [-0.15, -0.1) is 11.3 Å². The number of fused-ring (bicyclic) bond motifs is 1. The molecule has 1 aromatic heterocycles. The van der Waals surface area contributed by atoms with Gasteiger partial charge < -0.3 is 19.7 Å². The molecule has 30 heavy (non-hydrogen) atoms. The number of aryl methyl sites for hydroxylation is 1. The van der Waals surface area contributed by atoms with Crippen molar-refractivity contribution in [3.8, 4) is 22.1 Å². The molecule has 2 saturated heterocycles. The summed E-state index contributed by atoms with van der Waals surface area (Å²) >= 11 is 1.43. The van der Waals surface area contributed by atoms with E-state index in [-0.39, 0.29) is 5.91 Å². The van der Waals surface area contributed by atoms with Crippen molar-refractivity contribution >= 4 is 17.2 Å². The predicted octanol–water partition coefficient (Wildman–Crippen LogP) is 4.13. The van der Waals surface area contributed by atoms with Crippen LogP contribution >= 0.6 is 11.3 Å². The second-order valence-electron chi connectivity index (χ2n) is 8.21. The summed E-state index contributed by atoms with van der Waals surface area (Å²) in [6, 6.07) is 6.35. The lowest BCUT2D eigenvalue weighted by Gasteiger charge is -2.44. The summed E-state index contributed by atoms with van der Waals surface area (Å²) in [5, 5.41) is 4.02. The molecule has 162 valence electrons. The maximum atomic E-state index is 12.9. The molecular formula is C23H31N3O3S. The SMILES string of the molecule is COc1ccc(-c2nc(C)c(C(=O)NC[C@H]3CCCN4CCCC[C@H]34)s2)cc1OC. The van der Waals surface area contributed by atoms with Crippen molar-refractivity contribution in [2.45, 2.75) is 45.1 Å². The Morgan fingerprint density at radius 3 is 2.77 bits per heavy atom. The number of nitrogens with zero attached hydrogens (tertiary/aromatic N) is 2. The van der Waals surface area contributed by atoms with E-state index < -0.39 is 0 Å². The Bertz CT molecular complexity index is 896. The van der Waals surface area contributed by atoms with E-state index in [0.717, 1.165) is 22.8 Å². The Morgan fingerprint density at radius 2 is 1.97 bits per heavy atom. The van der Waals surface area contributed by atoms with Gasteiger partial charge in [0.2, 0.25) is 0 Å². The van der Waals surface area contributed by atoms with E-state index in [0.29, 0.717) is 28.3 Å². The molecule has 0 saturated carbocycles. The van der Waals surface area contributed by atoms with Crippen molar-refractivity contribution in [2.75, 3.05) is 33.9 Å². The van der Waals surface area contributed by atoms with Gasteiger partial charge in [0.25, 0.3) is 5.91 Å². The molecule has 2 fully saturated rings. The average Bonchev–Trinajstić information content (AvgIpc) is 3.18. The smallest absolute Gasteiger partial charge is 0.263 e. The quantitative estimate of drug-likeness (QED) is 0.748. The lowest BCUT2D eigenvalue weighted by Crippen LogP contribution is -2.50. The first-order valence-electron chi connectivity index (χ1n) is 10.8. The number of methoxy groups -OCH3 is 2. The number of thiazole rings is 1. The van der Waals surface area contributed by atoms with E-state index in [4.69, 9.17) is 9.47 Å². The highest BCUT2D eigenvalue weighted by molar-refractivity contribution is 7.17. The Hall–Kier alpha value is -2.12. The third-order valence-corrected chi connectivity index (χ3v) is 7.59. The lowest BCUT2D eigenvalue weighted by molar-refractivity contribution is 0.0576.